The zero-order chi connectivity index (χ0) is 21.7. The summed E-state index contributed by atoms with van der Waals surface area (Å²) in [6.07, 6.45) is 2.98. The predicted molar refractivity (Wildman–Crippen MR) is 122 cm³/mol. The Labute approximate surface area is 179 Å². The minimum absolute atomic E-state index is 0.0522. The molecule has 0 saturated carbocycles. The molecular weight excluding hydrogens is 374 g/mol. The van der Waals surface area contributed by atoms with Gasteiger partial charge in [0.05, 0.1) is 13.1 Å². The van der Waals surface area contributed by atoms with E-state index in [9.17, 15) is 9.59 Å². The van der Waals surface area contributed by atoms with Gasteiger partial charge in [-0.05, 0) is 56.5 Å². The van der Waals surface area contributed by atoms with Crippen LogP contribution in [-0.2, 0) is 9.59 Å². The van der Waals surface area contributed by atoms with Crippen LogP contribution in [0.4, 0.5) is 5.69 Å². The molecule has 0 atom stereocenters. The van der Waals surface area contributed by atoms with E-state index < -0.39 is 0 Å². The number of rotatable bonds is 6. The summed E-state index contributed by atoms with van der Waals surface area (Å²) in [6, 6.07) is 14.4. The fraction of sp³-hybridized carbons (Fsp3) is 0.360. The van der Waals surface area contributed by atoms with Gasteiger partial charge in [0.2, 0.25) is 11.8 Å². The minimum atomic E-state index is -0.106. The molecule has 2 amide bonds. The molecule has 30 heavy (non-hydrogen) atoms. The van der Waals surface area contributed by atoms with Crippen molar-refractivity contribution in [3.8, 4) is 0 Å². The SMILES string of the molecule is Cc1cc(C)c(NC(=O)CN(C)CC(=O)N2CC=C(c3ccccc3)CC2)c(C)c1. The molecule has 2 aromatic rings. The van der Waals surface area contributed by atoms with Crippen molar-refractivity contribution in [2.75, 3.05) is 38.5 Å². The third kappa shape index (κ3) is 5.57. The molecule has 1 heterocycles. The van der Waals surface area contributed by atoms with Crippen LogP contribution < -0.4 is 5.32 Å². The van der Waals surface area contributed by atoms with Gasteiger partial charge in [-0.25, -0.2) is 0 Å². The number of carbonyl (C=O) groups excluding carboxylic acids is 2. The average molecular weight is 406 g/mol. The van der Waals surface area contributed by atoms with Gasteiger partial charge in [0.25, 0.3) is 0 Å². The van der Waals surface area contributed by atoms with Crippen LogP contribution in [-0.4, -0.2) is 54.8 Å². The van der Waals surface area contributed by atoms with Crippen LogP contribution in [0.5, 0.6) is 0 Å². The van der Waals surface area contributed by atoms with Gasteiger partial charge in [0, 0.05) is 18.8 Å². The zero-order valence-electron chi connectivity index (χ0n) is 18.4. The maximum atomic E-state index is 12.7. The Kier molecular flexibility index (Phi) is 7.06. The lowest BCUT2D eigenvalue weighted by molar-refractivity contribution is -0.132. The van der Waals surface area contributed by atoms with Crippen molar-refractivity contribution in [2.24, 2.45) is 0 Å². The van der Waals surface area contributed by atoms with Gasteiger partial charge in [-0.2, -0.15) is 0 Å². The van der Waals surface area contributed by atoms with E-state index in [0.717, 1.165) is 23.2 Å². The number of nitrogens with one attached hydrogen (secondary N) is 1. The molecule has 158 valence electrons. The Bertz CT molecular complexity index is 927. The summed E-state index contributed by atoms with van der Waals surface area (Å²) in [6.45, 7) is 7.77. The standard InChI is InChI=1S/C25H31N3O2/c1-18-14-19(2)25(20(3)15-18)26-23(29)16-27(4)17-24(30)28-12-10-22(11-13-28)21-8-6-5-7-9-21/h5-10,14-15H,11-13,16-17H2,1-4H3,(H,26,29). The summed E-state index contributed by atoms with van der Waals surface area (Å²) in [5.41, 5.74) is 6.65. The number of hydrogen-bond donors (Lipinski definition) is 1. The van der Waals surface area contributed by atoms with Crippen LogP contribution in [0, 0.1) is 20.8 Å². The first-order valence-corrected chi connectivity index (χ1v) is 10.4. The largest absolute Gasteiger partial charge is 0.338 e. The van der Waals surface area contributed by atoms with Crippen molar-refractivity contribution in [3.05, 3.63) is 70.8 Å². The second-order valence-electron chi connectivity index (χ2n) is 8.18. The number of benzene rings is 2. The summed E-state index contributed by atoms with van der Waals surface area (Å²) < 4.78 is 0. The van der Waals surface area contributed by atoms with Gasteiger partial charge in [-0.15, -0.1) is 0 Å². The molecule has 0 fully saturated rings. The first kappa shape index (κ1) is 21.8. The molecule has 0 radical (unpaired) electrons. The van der Waals surface area contributed by atoms with E-state index in [-0.39, 0.29) is 24.9 Å². The van der Waals surface area contributed by atoms with Crippen molar-refractivity contribution >= 4 is 23.1 Å². The number of hydrogen-bond acceptors (Lipinski definition) is 3. The predicted octanol–water partition coefficient (Wildman–Crippen LogP) is 3.80. The molecule has 0 aliphatic carbocycles. The molecule has 1 aliphatic heterocycles. The quantitative estimate of drug-likeness (QED) is 0.795. The molecule has 0 bridgehead atoms. The molecule has 1 N–H and O–H groups in total. The normalized spacial score (nSPS) is 13.9. The van der Waals surface area contributed by atoms with E-state index >= 15 is 0 Å². The van der Waals surface area contributed by atoms with Gasteiger partial charge in [0.1, 0.15) is 0 Å². The van der Waals surface area contributed by atoms with Crippen LogP contribution in [0.25, 0.3) is 5.57 Å². The number of likely N-dealkylation sites (N-methyl/N-ethyl adjacent to an activating group) is 1. The fourth-order valence-corrected chi connectivity index (χ4v) is 4.00. The van der Waals surface area contributed by atoms with Crippen LogP contribution in [0.15, 0.2) is 48.5 Å². The number of amides is 2. The first-order chi connectivity index (χ1) is 14.3. The monoisotopic (exact) mass is 405 g/mol. The van der Waals surface area contributed by atoms with Crippen LogP contribution in [0.3, 0.4) is 0 Å². The highest BCUT2D eigenvalue weighted by molar-refractivity contribution is 5.94. The lowest BCUT2D eigenvalue weighted by Gasteiger charge is -2.28. The highest BCUT2D eigenvalue weighted by Gasteiger charge is 2.20. The van der Waals surface area contributed by atoms with E-state index in [4.69, 9.17) is 0 Å². The Morgan fingerprint density at radius 3 is 2.30 bits per heavy atom. The summed E-state index contributed by atoms with van der Waals surface area (Å²) >= 11 is 0. The van der Waals surface area contributed by atoms with Gasteiger partial charge in [-0.1, -0.05) is 54.1 Å². The van der Waals surface area contributed by atoms with Crippen molar-refractivity contribution < 1.29 is 9.59 Å². The summed E-state index contributed by atoms with van der Waals surface area (Å²) in [5, 5.41) is 3.00. The highest BCUT2D eigenvalue weighted by atomic mass is 16.2. The Hall–Kier alpha value is -2.92. The molecule has 1 aliphatic rings. The molecular formula is C25H31N3O2. The highest BCUT2D eigenvalue weighted by Crippen LogP contribution is 2.23. The van der Waals surface area contributed by atoms with Crippen molar-refractivity contribution in [3.63, 3.8) is 0 Å². The molecule has 5 heteroatoms. The molecule has 3 rings (SSSR count). The number of aryl methyl sites for hydroxylation is 3. The summed E-state index contributed by atoms with van der Waals surface area (Å²) in [7, 11) is 1.81. The lowest BCUT2D eigenvalue weighted by Crippen LogP contribution is -2.43. The third-order valence-corrected chi connectivity index (χ3v) is 5.47. The van der Waals surface area contributed by atoms with Crippen LogP contribution >= 0.6 is 0 Å². The van der Waals surface area contributed by atoms with E-state index in [1.165, 1.54) is 16.7 Å². The minimum Gasteiger partial charge on any atom is -0.338 e. The Balaban J connectivity index is 1.50. The maximum Gasteiger partial charge on any atom is 0.238 e. The van der Waals surface area contributed by atoms with Crippen molar-refractivity contribution in [1.29, 1.82) is 0 Å². The maximum absolute atomic E-state index is 12.7. The third-order valence-electron chi connectivity index (χ3n) is 5.47. The van der Waals surface area contributed by atoms with E-state index in [1.807, 2.05) is 50.9 Å². The summed E-state index contributed by atoms with van der Waals surface area (Å²) in [5.74, 6) is -0.0541. The molecule has 2 aromatic carbocycles. The Morgan fingerprint density at radius 1 is 1.03 bits per heavy atom. The van der Waals surface area contributed by atoms with Crippen LogP contribution in [0.2, 0.25) is 0 Å². The average Bonchev–Trinajstić information content (AvgIpc) is 2.71. The smallest absolute Gasteiger partial charge is 0.238 e. The zero-order valence-corrected chi connectivity index (χ0v) is 18.4. The fourth-order valence-electron chi connectivity index (χ4n) is 4.00. The van der Waals surface area contributed by atoms with Gasteiger partial charge >= 0.3 is 0 Å². The second-order valence-corrected chi connectivity index (χ2v) is 8.18. The lowest BCUT2D eigenvalue weighted by atomic mass is 9.99. The number of anilines is 1. The number of nitrogens with zero attached hydrogens (tertiary/aromatic N) is 2. The van der Waals surface area contributed by atoms with Crippen molar-refractivity contribution in [2.45, 2.75) is 27.2 Å². The molecule has 0 saturated heterocycles. The Morgan fingerprint density at radius 2 is 1.70 bits per heavy atom. The van der Waals surface area contributed by atoms with E-state index in [0.29, 0.717) is 13.1 Å². The van der Waals surface area contributed by atoms with E-state index in [1.54, 1.807) is 4.90 Å². The van der Waals surface area contributed by atoms with Gasteiger partial charge < -0.3 is 10.2 Å². The van der Waals surface area contributed by atoms with Crippen molar-refractivity contribution in [1.82, 2.24) is 9.80 Å². The molecule has 0 unspecified atom stereocenters. The molecule has 0 aromatic heterocycles. The van der Waals surface area contributed by atoms with Crippen LogP contribution in [0.1, 0.15) is 28.7 Å². The summed E-state index contributed by atoms with van der Waals surface area (Å²) in [4.78, 5) is 28.8. The van der Waals surface area contributed by atoms with Gasteiger partial charge in [-0.3, -0.25) is 14.5 Å². The van der Waals surface area contributed by atoms with Gasteiger partial charge in [0.15, 0.2) is 0 Å². The topological polar surface area (TPSA) is 52.7 Å². The van der Waals surface area contributed by atoms with E-state index in [2.05, 4.69) is 35.7 Å². The molecule has 5 nitrogen and oxygen atoms in total. The number of carbonyl (C=O) groups is 2. The second kappa shape index (κ2) is 9.72. The molecule has 0 spiro atoms. The first-order valence-electron chi connectivity index (χ1n) is 10.4.